The minimum absolute atomic E-state index is 0.295. The lowest BCUT2D eigenvalue weighted by Crippen LogP contribution is -2.53. The first-order chi connectivity index (χ1) is 8.10. The van der Waals surface area contributed by atoms with Gasteiger partial charge in [0.2, 0.25) is 0 Å². The summed E-state index contributed by atoms with van der Waals surface area (Å²) in [5.74, 6) is -0.342. The molecule has 2 rings (SSSR count). The third-order valence-electron chi connectivity index (χ3n) is 4.14. The summed E-state index contributed by atoms with van der Waals surface area (Å²) in [6.07, 6.45) is 7.57. The van der Waals surface area contributed by atoms with E-state index in [0.717, 1.165) is 12.8 Å². The lowest BCUT2D eigenvalue weighted by Gasteiger charge is -2.48. The number of hydrogen-bond acceptors (Lipinski definition) is 3. The van der Waals surface area contributed by atoms with E-state index in [1.54, 1.807) is 6.08 Å². The van der Waals surface area contributed by atoms with Crippen molar-refractivity contribution in [3.8, 4) is 0 Å². The van der Waals surface area contributed by atoms with Gasteiger partial charge in [-0.3, -0.25) is 0 Å². The summed E-state index contributed by atoms with van der Waals surface area (Å²) >= 11 is 0. The third kappa shape index (κ3) is 2.72. The first-order valence-corrected chi connectivity index (χ1v) is 6.67. The van der Waals surface area contributed by atoms with Crippen molar-refractivity contribution >= 4 is 0 Å². The Morgan fingerprint density at radius 1 is 1.24 bits per heavy atom. The highest BCUT2D eigenvalue weighted by Crippen LogP contribution is 2.40. The van der Waals surface area contributed by atoms with Crippen molar-refractivity contribution in [2.24, 2.45) is 5.41 Å². The molecule has 0 amide bonds. The summed E-state index contributed by atoms with van der Waals surface area (Å²) in [7, 11) is 0. The smallest absolute Gasteiger partial charge is 0.168 e. The molecule has 3 heteroatoms. The summed E-state index contributed by atoms with van der Waals surface area (Å²) in [6.45, 7) is 6.86. The molecule has 1 aliphatic carbocycles. The van der Waals surface area contributed by atoms with Gasteiger partial charge in [0, 0.05) is 18.3 Å². The fourth-order valence-corrected chi connectivity index (χ4v) is 2.69. The van der Waals surface area contributed by atoms with Crippen molar-refractivity contribution in [3.63, 3.8) is 0 Å². The molecule has 3 nitrogen and oxygen atoms in total. The number of aliphatic hydroxyl groups excluding tert-OH is 1. The minimum atomic E-state index is -0.430. The molecule has 1 aliphatic heterocycles. The van der Waals surface area contributed by atoms with Crippen molar-refractivity contribution in [2.45, 2.75) is 57.3 Å². The zero-order chi connectivity index (χ0) is 12.4. The molecule has 0 radical (unpaired) electrons. The molecule has 2 fully saturated rings. The lowest BCUT2D eigenvalue weighted by molar-refractivity contribution is -0.322. The average molecular weight is 240 g/mol. The molecule has 0 aromatic rings. The summed E-state index contributed by atoms with van der Waals surface area (Å²) in [5, 5.41) is 10.1. The molecule has 0 aromatic heterocycles. The zero-order valence-electron chi connectivity index (χ0n) is 10.8. The van der Waals surface area contributed by atoms with Crippen LogP contribution in [0.4, 0.5) is 0 Å². The quantitative estimate of drug-likeness (QED) is 0.771. The van der Waals surface area contributed by atoms with Gasteiger partial charge in [-0.15, -0.1) is 6.58 Å². The van der Waals surface area contributed by atoms with E-state index in [2.05, 4.69) is 6.58 Å². The number of hydrogen-bond donors (Lipinski definition) is 1. The monoisotopic (exact) mass is 240 g/mol. The molecule has 98 valence electrons. The van der Waals surface area contributed by atoms with Gasteiger partial charge in [0.05, 0.1) is 19.3 Å². The fourth-order valence-electron chi connectivity index (χ4n) is 2.69. The Labute approximate surface area is 104 Å². The molecule has 1 spiro atoms. The summed E-state index contributed by atoms with van der Waals surface area (Å²) in [5.41, 5.74) is -0.295. The molecule has 17 heavy (non-hydrogen) atoms. The van der Waals surface area contributed by atoms with Gasteiger partial charge in [-0.1, -0.05) is 19.4 Å². The van der Waals surface area contributed by atoms with Crippen molar-refractivity contribution in [2.75, 3.05) is 13.2 Å². The average Bonchev–Trinajstić information content (AvgIpc) is 2.35. The fraction of sp³-hybridized carbons (Fsp3) is 0.857. The Balaban J connectivity index is 1.94. The van der Waals surface area contributed by atoms with Crippen molar-refractivity contribution in [3.05, 3.63) is 12.7 Å². The van der Waals surface area contributed by atoms with Gasteiger partial charge in [0.25, 0.3) is 0 Å². The van der Waals surface area contributed by atoms with Crippen LogP contribution in [0, 0.1) is 5.41 Å². The molecular formula is C14H24O3. The molecule has 1 N–H and O–H groups in total. The first-order valence-electron chi connectivity index (χ1n) is 6.67. The zero-order valence-corrected chi connectivity index (χ0v) is 10.8. The number of rotatable bonds is 3. The van der Waals surface area contributed by atoms with E-state index in [1.807, 2.05) is 6.92 Å². The second kappa shape index (κ2) is 5.09. The van der Waals surface area contributed by atoms with Crippen LogP contribution in [-0.2, 0) is 9.47 Å². The van der Waals surface area contributed by atoms with Crippen LogP contribution in [0.1, 0.15) is 45.4 Å². The first kappa shape index (κ1) is 13.1. The van der Waals surface area contributed by atoms with Crippen LogP contribution in [0.3, 0.4) is 0 Å². The highest BCUT2D eigenvalue weighted by atomic mass is 16.7. The van der Waals surface area contributed by atoms with Crippen LogP contribution in [0.25, 0.3) is 0 Å². The lowest BCUT2D eigenvalue weighted by atomic mass is 9.82. The van der Waals surface area contributed by atoms with Gasteiger partial charge in [-0.05, 0) is 19.3 Å². The molecule has 1 saturated heterocycles. The Bertz CT molecular complexity index is 259. The molecular weight excluding hydrogens is 216 g/mol. The number of aliphatic hydroxyl groups is 1. The summed E-state index contributed by atoms with van der Waals surface area (Å²) < 4.78 is 11.9. The predicted molar refractivity (Wildman–Crippen MR) is 66.6 cm³/mol. The van der Waals surface area contributed by atoms with Gasteiger partial charge < -0.3 is 14.6 Å². The van der Waals surface area contributed by atoms with E-state index in [-0.39, 0.29) is 11.2 Å². The topological polar surface area (TPSA) is 38.7 Å². The third-order valence-corrected chi connectivity index (χ3v) is 4.14. The maximum absolute atomic E-state index is 10.1. The molecule has 2 aliphatic rings. The number of ether oxygens (including phenoxy) is 2. The molecule has 1 heterocycles. The molecule has 0 aromatic carbocycles. The Morgan fingerprint density at radius 3 is 2.35 bits per heavy atom. The predicted octanol–water partition coefficient (Wildman–Crippen LogP) is 2.64. The molecule has 1 atom stereocenters. The summed E-state index contributed by atoms with van der Waals surface area (Å²) in [6, 6.07) is 0. The molecule has 0 bridgehead atoms. The van der Waals surface area contributed by atoms with Crippen LogP contribution in [0.15, 0.2) is 12.7 Å². The minimum Gasteiger partial charge on any atom is -0.392 e. The Kier molecular flexibility index (Phi) is 3.91. The van der Waals surface area contributed by atoms with E-state index in [4.69, 9.17) is 9.47 Å². The molecule has 1 saturated carbocycles. The van der Waals surface area contributed by atoms with Crippen LogP contribution in [0.2, 0.25) is 0 Å². The molecule has 0 unspecified atom stereocenters. The van der Waals surface area contributed by atoms with Crippen LogP contribution in [0.5, 0.6) is 0 Å². The van der Waals surface area contributed by atoms with Gasteiger partial charge in [0.15, 0.2) is 5.79 Å². The van der Waals surface area contributed by atoms with E-state index >= 15 is 0 Å². The second-order valence-electron chi connectivity index (χ2n) is 5.74. The van der Waals surface area contributed by atoms with Crippen LogP contribution < -0.4 is 0 Å². The maximum Gasteiger partial charge on any atom is 0.168 e. The van der Waals surface area contributed by atoms with Gasteiger partial charge in [-0.25, -0.2) is 0 Å². The van der Waals surface area contributed by atoms with Crippen LogP contribution >= 0.6 is 0 Å². The maximum atomic E-state index is 10.1. The van der Waals surface area contributed by atoms with Crippen molar-refractivity contribution < 1.29 is 14.6 Å². The highest BCUT2D eigenvalue weighted by molar-refractivity contribution is 4.91. The van der Waals surface area contributed by atoms with Crippen molar-refractivity contribution in [1.29, 1.82) is 0 Å². The van der Waals surface area contributed by atoms with Gasteiger partial charge in [0.1, 0.15) is 0 Å². The normalized spacial score (nSPS) is 28.8. The van der Waals surface area contributed by atoms with Crippen LogP contribution in [-0.4, -0.2) is 30.2 Å². The standard InChI is InChI=1S/C14H24O3/c1-3-7-12(15)13(2)10-16-14(17-11-13)8-5-4-6-9-14/h3,12,15H,1,4-11H2,2H3/t12-/m0/s1. The Hall–Kier alpha value is -0.380. The van der Waals surface area contributed by atoms with Gasteiger partial charge in [-0.2, -0.15) is 0 Å². The Morgan fingerprint density at radius 2 is 1.82 bits per heavy atom. The van der Waals surface area contributed by atoms with E-state index in [0.29, 0.717) is 19.6 Å². The van der Waals surface area contributed by atoms with E-state index in [1.165, 1.54) is 19.3 Å². The van der Waals surface area contributed by atoms with Gasteiger partial charge >= 0.3 is 0 Å². The largest absolute Gasteiger partial charge is 0.392 e. The second-order valence-corrected chi connectivity index (χ2v) is 5.74. The summed E-state index contributed by atoms with van der Waals surface area (Å²) in [4.78, 5) is 0. The SMILES string of the molecule is C=CC[C@H](O)C1(C)COC2(CCCCC2)OC1. The van der Waals surface area contributed by atoms with E-state index in [9.17, 15) is 5.11 Å². The highest BCUT2D eigenvalue weighted by Gasteiger charge is 2.45. The van der Waals surface area contributed by atoms with Crippen molar-refractivity contribution in [1.82, 2.24) is 0 Å². The van der Waals surface area contributed by atoms with E-state index < -0.39 is 6.10 Å².